The van der Waals surface area contributed by atoms with Crippen LogP contribution in [0.4, 0.5) is 0 Å². The molecule has 0 spiro atoms. The van der Waals surface area contributed by atoms with Gasteiger partial charge < -0.3 is 5.11 Å². The maximum atomic E-state index is 10.9. The minimum absolute atomic E-state index is 0.135. The molecule has 0 aliphatic heterocycles. The standard InChI is InChI=1S/C17H19NO/c1-3-17(19)12-16(2,13-7-5-4-6-8-13)14-9-10-18-11-15(14)17/h4-11,19H,3,12H2,1-2H3/t16-,17-/m0/s1. The Balaban J connectivity index is 2.21. The van der Waals surface area contributed by atoms with Gasteiger partial charge in [0.1, 0.15) is 0 Å². The molecular formula is C17H19NO. The maximum absolute atomic E-state index is 10.9. The second kappa shape index (κ2) is 4.17. The van der Waals surface area contributed by atoms with Gasteiger partial charge in [-0.05, 0) is 30.0 Å². The van der Waals surface area contributed by atoms with E-state index in [0.29, 0.717) is 6.42 Å². The van der Waals surface area contributed by atoms with Gasteiger partial charge in [0, 0.05) is 23.4 Å². The van der Waals surface area contributed by atoms with E-state index in [1.54, 1.807) is 0 Å². The predicted octanol–water partition coefficient (Wildman–Crippen LogP) is 3.39. The minimum Gasteiger partial charge on any atom is -0.385 e. The molecule has 2 nitrogen and oxygen atoms in total. The molecule has 2 heteroatoms. The van der Waals surface area contributed by atoms with Crippen LogP contribution >= 0.6 is 0 Å². The summed E-state index contributed by atoms with van der Waals surface area (Å²) in [5.41, 5.74) is 2.56. The number of rotatable bonds is 2. The zero-order valence-electron chi connectivity index (χ0n) is 11.4. The third-order valence-corrected chi connectivity index (χ3v) is 4.56. The summed E-state index contributed by atoms with van der Waals surface area (Å²) in [6.07, 6.45) is 5.09. The molecule has 1 aliphatic carbocycles. The van der Waals surface area contributed by atoms with Gasteiger partial charge in [-0.3, -0.25) is 4.98 Å². The SMILES string of the molecule is CC[C@]1(O)C[C@@](C)(c2ccccc2)c2ccncc21. The number of aliphatic hydroxyl groups is 1. The summed E-state index contributed by atoms with van der Waals surface area (Å²) in [5, 5.41) is 10.9. The molecule has 0 saturated heterocycles. The van der Waals surface area contributed by atoms with Crippen molar-refractivity contribution in [1.82, 2.24) is 4.98 Å². The lowest BCUT2D eigenvalue weighted by Crippen LogP contribution is -2.26. The maximum Gasteiger partial charge on any atom is 0.0923 e. The molecule has 0 bridgehead atoms. The van der Waals surface area contributed by atoms with Gasteiger partial charge in [-0.25, -0.2) is 0 Å². The van der Waals surface area contributed by atoms with E-state index in [-0.39, 0.29) is 5.41 Å². The van der Waals surface area contributed by atoms with Crippen molar-refractivity contribution in [3.05, 3.63) is 65.5 Å². The van der Waals surface area contributed by atoms with Gasteiger partial charge in [0.15, 0.2) is 0 Å². The van der Waals surface area contributed by atoms with Crippen molar-refractivity contribution in [1.29, 1.82) is 0 Å². The highest BCUT2D eigenvalue weighted by Crippen LogP contribution is 2.52. The Morgan fingerprint density at radius 3 is 2.58 bits per heavy atom. The molecule has 98 valence electrons. The van der Waals surface area contributed by atoms with Crippen LogP contribution < -0.4 is 0 Å². The predicted molar refractivity (Wildman–Crippen MR) is 75.9 cm³/mol. The van der Waals surface area contributed by atoms with E-state index in [0.717, 1.165) is 12.0 Å². The number of hydrogen-bond donors (Lipinski definition) is 1. The molecule has 1 aliphatic rings. The van der Waals surface area contributed by atoms with Crippen molar-refractivity contribution in [2.75, 3.05) is 0 Å². The first-order chi connectivity index (χ1) is 9.10. The Bertz CT molecular complexity index is 595. The Morgan fingerprint density at radius 1 is 1.16 bits per heavy atom. The molecule has 1 heterocycles. The van der Waals surface area contributed by atoms with Gasteiger partial charge in [-0.15, -0.1) is 0 Å². The van der Waals surface area contributed by atoms with Gasteiger partial charge in [0.25, 0.3) is 0 Å². The highest BCUT2D eigenvalue weighted by molar-refractivity contribution is 5.49. The Kier molecular flexibility index (Phi) is 2.72. The number of hydrogen-bond acceptors (Lipinski definition) is 2. The third kappa shape index (κ3) is 1.71. The van der Waals surface area contributed by atoms with Crippen molar-refractivity contribution in [3.63, 3.8) is 0 Å². The van der Waals surface area contributed by atoms with Crippen LogP contribution in [-0.4, -0.2) is 10.1 Å². The van der Waals surface area contributed by atoms with Crippen molar-refractivity contribution in [2.45, 2.75) is 37.7 Å². The van der Waals surface area contributed by atoms with Gasteiger partial charge in [0.2, 0.25) is 0 Å². The van der Waals surface area contributed by atoms with Gasteiger partial charge in [0.05, 0.1) is 5.60 Å². The molecule has 0 radical (unpaired) electrons. The molecule has 1 aromatic carbocycles. The number of pyridine rings is 1. The Labute approximate surface area is 114 Å². The van der Waals surface area contributed by atoms with Crippen LogP contribution in [0.3, 0.4) is 0 Å². The molecule has 1 N–H and O–H groups in total. The number of benzene rings is 1. The zero-order chi connectivity index (χ0) is 13.5. The van der Waals surface area contributed by atoms with E-state index in [1.165, 1.54) is 11.1 Å². The van der Waals surface area contributed by atoms with Crippen molar-refractivity contribution in [3.8, 4) is 0 Å². The molecule has 3 rings (SSSR count). The molecule has 2 atom stereocenters. The van der Waals surface area contributed by atoms with Gasteiger partial charge in [-0.1, -0.05) is 44.2 Å². The normalized spacial score (nSPS) is 29.2. The van der Waals surface area contributed by atoms with E-state index >= 15 is 0 Å². The Hall–Kier alpha value is -1.67. The summed E-state index contributed by atoms with van der Waals surface area (Å²) in [4.78, 5) is 4.20. The second-order valence-electron chi connectivity index (χ2n) is 5.68. The topological polar surface area (TPSA) is 33.1 Å². The van der Waals surface area contributed by atoms with Gasteiger partial charge >= 0.3 is 0 Å². The van der Waals surface area contributed by atoms with E-state index in [9.17, 15) is 5.11 Å². The smallest absolute Gasteiger partial charge is 0.0923 e. The van der Waals surface area contributed by atoms with Crippen LogP contribution in [0.25, 0.3) is 0 Å². The van der Waals surface area contributed by atoms with Crippen molar-refractivity contribution < 1.29 is 5.11 Å². The fourth-order valence-electron chi connectivity index (χ4n) is 3.40. The highest BCUT2D eigenvalue weighted by Gasteiger charge is 2.48. The number of aromatic nitrogens is 1. The molecular weight excluding hydrogens is 234 g/mol. The molecule has 0 amide bonds. The summed E-state index contributed by atoms with van der Waals surface area (Å²) < 4.78 is 0. The summed E-state index contributed by atoms with van der Waals surface area (Å²) in [7, 11) is 0. The van der Waals surface area contributed by atoms with Crippen molar-refractivity contribution in [2.24, 2.45) is 0 Å². The van der Waals surface area contributed by atoms with Crippen LogP contribution in [0.2, 0.25) is 0 Å². The second-order valence-corrected chi connectivity index (χ2v) is 5.68. The number of fused-ring (bicyclic) bond motifs is 1. The highest BCUT2D eigenvalue weighted by atomic mass is 16.3. The first-order valence-electron chi connectivity index (χ1n) is 6.83. The quantitative estimate of drug-likeness (QED) is 0.890. The van der Waals surface area contributed by atoms with Crippen LogP contribution in [0.1, 0.15) is 43.4 Å². The lowest BCUT2D eigenvalue weighted by Gasteiger charge is -2.28. The minimum atomic E-state index is -0.756. The van der Waals surface area contributed by atoms with Crippen LogP contribution in [0, 0.1) is 0 Å². The van der Waals surface area contributed by atoms with Gasteiger partial charge in [-0.2, -0.15) is 0 Å². The van der Waals surface area contributed by atoms with E-state index in [1.807, 2.05) is 25.4 Å². The monoisotopic (exact) mass is 253 g/mol. The fraction of sp³-hybridized carbons (Fsp3) is 0.353. The summed E-state index contributed by atoms with van der Waals surface area (Å²) in [5.74, 6) is 0. The van der Waals surface area contributed by atoms with E-state index in [4.69, 9.17) is 0 Å². The van der Waals surface area contributed by atoms with Crippen LogP contribution in [0.5, 0.6) is 0 Å². The average molecular weight is 253 g/mol. The average Bonchev–Trinajstić information content (AvgIpc) is 2.71. The Morgan fingerprint density at radius 2 is 1.89 bits per heavy atom. The number of nitrogens with zero attached hydrogens (tertiary/aromatic N) is 1. The molecule has 1 aromatic heterocycles. The summed E-state index contributed by atoms with van der Waals surface area (Å²) in [6, 6.07) is 12.5. The van der Waals surface area contributed by atoms with Crippen LogP contribution in [0.15, 0.2) is 48.8 Å². The summed E-state index contributed by atoms with van der Waals surface area (Å²) in [6.45, 7) is 4.25. The summed E-state index contributed by atoms with van der Waals surface area (Å²) >= 11 is 0. The first-order valence-corrected chi connectivity index (χ1v) is 6.83. The fourth-order valence-corrected chi connectivity index (χ4v) is 3.40. The first kappa shape index (κ1) is 12.4. The lowest BCUT2D eigenvalue weighted by molar-refractivity contribution is 0.0236. The molecule has 0 saturated carbocycles. The molecule has 19 heavy (non-hydrogen) atoms. The zero-order valence-corrected chi connectivity index (χ0v) is 11.4. The molecule has 0 fully saturated rings. The van der Waals surface area contributed by atoms with Crippen LogP contribution in [-0.2, 0) is 11.0 Å². The van der Waals surface area contributed by atoms with E-state index < -0.39 is 5.60 Å². The van der Waals surface area contributed by atoms with Crippen molar-refractivity contribution >= 4 is 0 Å². The molecule has 0 unspecified atom stereocenters. The molecule has 2 aromatic rings. The van der Waals surface area contributed by atoms with E-state index in [2.05, 4.69) is 42.2 Å². The lowest BCUT2D eigenvalue weighted by atomic mass is 9.76. The largest absolute Gasteiger partial charge is 0.385 e. The third-order valence-electron chi connectivity index (χ3n) is 4.56.